The van der Waals surface area contributed by atoms with Gasteiger partial charge in [0.25, 0.3) is 0 Å². The number of carboxylic acid groups (broad SMARTS) is 1. The first-order valence-electron chi connectivity index (χ1n) is 6.61. The molecule has 0 bridgehead atoms. The van der Waals surface area contributed by atoms with Crippen molar-refractivity contribution in [2.75, 3.05) is 18.6 Å². The predicted molar refractivity (Wildman–Crippen MR) is 75.1 cm³/mol. The quantitative estimate of drug-likeness (QED) is 0.617. The number of hydrogen-bond acceptors (Lipinski definition) is 4. The number of carboxylic acids is 1. The van der Waals surface area contributed by atoms with Crippen molar-refractivity contribution in [1.29, 1.82) is 0 Å². The monoisotopic (exact) mass is 306 g/mol. The summed E-state index contributed by atoms with van der Waals surface area (Å²) >= 11 is 0. The Bertz CT molecular complexity index is 377. The normalized spacial score (nSPS) is 24.9. The molecule has 0 radical (unpaired) electrons. The number of carbonyl (C=O) groups is 2. The molecule has 7 nitrogen and oxygen atoms in total. The molecule has 2 amide bonds. The maximum atomic E-state index is 11.6. The van der Waals surface area contributed by atoms with Gasteiger partial charge >= 0.3 is 12.0 Å². The molecule has 3 N–H and O–H groups in total. The molecule has 0 aromatic heterocycles. The fourth-order valence-electron chi connectivity index (χ4n) is 1.93. The predicted octanol–water partition coefficient (Wildman–Crippen LogP) is 0.0749. The van der Waals surface area contributed by atoms with Gasteiger partial charge in [0.2, 0.25) is 0 Å². The highest BCUT2D eigenvalue weighted by Crippen LogP contribution is 2.19. The van der Waals surface area contributed by atoms with Gasteiger partial charge in [-0.3, -0.25) is 4.21 Å². The summed E-state index contributed by atoms with van der Waals surface area (Å²) in [7, 11) is -0.863. The van der Waals surface area contributed by atoms with Gasteiger partial charge in [-0.1, -0.05) is 0 Å². The van der Waals surface area contributed by atoms with Crippen LogP contribution in [-0.2, 0) is 20.3 Å². The number of nitrogens with one attached hydrogen (secondary N) is 2. The first-order valence-corrected chi connectivity index (χ1v) is 8.34. The van der Waals surface area contributed by atoms with E-state index < -0.39 is 22.9 Å². The highest BCUT2D eigenvalue weighted by atomic mass is 32.2. The Morgan fingerprint density at radius 2 is 2.15 bits per heavy atom. The minimum atomic E-state index is -0.960. The van der Waals surface area contributed by atoms with Crippen molar-refractivity contribution in [3.05, 3.63) is 0 Å². The summed E-state index contributed by atoms with van der Waals surface area (Å²) in [4.78, 5) is 22.3. The van der Waals surface area contributed by atoms with Crippen LogP contribution >= 0.6 is 0 Å². The largest absolute Gasteiger partial charge is 0.479 e. The molecule has 1 heterocycles. The molecule has 0 aromatic rings. The van der Waals surface area contributed by atoms with E-state index >= 15 is 0 Å². The fourth-order valence-corrected chi connectivity index (χ4v) is 2.62. The molecule has 0 spiro atoms. The summed E-state index contributed by atoms with van der Waals surface area (Å²) < 4.78 is 16.2. The lowest BCUT2D eigenvalue weighted by molar-refractivity contribution is -0.149. The van der Waals surface area contributed by atoms with E-state index in [1.807, 2.05) is 6.92 Å². The van der Waals surface area contributed by atoms with Gasteiger partial charge in [-0.2, -0.15) is 0 Å². The number of rotatable bonds is 7. The van der Waals surface area contributed by atoms with Crippen molar-refractivity contribution < 1.29 is 23.6 Å². The average Bonchev–Trinajstić information content (AvgIpc) is 2.83. The highest BCUT2D eigenvalue weighted by molar-refractivity contribution is 7.84. The van der Waals surface area contributed by atoms with Gasteiger partial charge in [-0.15, -0.1) is 0 Å². The summed E-state index contributed by atoms with van der Waals surface area (Å²) in [6.45, 7) is 2.14. The van der Waals surface area contributed by atoms with Crippen molar-refractivity contribution in [3.8, 4) is 0 Å². The van der Waals surface area contributed by atoms with E-state index in [0.717, 1.165) is 0 Å². The van der Waals surface area contributed by atoms with Crippen LogP contribution in [0.3, 0.4) is 0 Å². The molecule has 0 aliphatic carbocycles. The maximum absolute atomic E-state index is 11.6. The minimum Gasteiger partial charge on any atom is -0.479 e. The van der Waals surface area contributed by atoms with E-state index in [1.165, 1.54) is 0 Å². The van der Waals surface area contributed by atoms with E-state index in [0.29, 0.717) is 31.6 Å². The molecular weight excluding hydrogens is 284 g/mol. The molecule has 20 heavy (non-hydrogen) atoms. The van der Waals surface area contributed by atoms with Crippen LogP contribution < -0.4 is 10.6 Å². The Balaban J connectivity index is 2.17. The lowest BCUT2D eigenvalue weighted by atomic mass is 10.2. The third kappa shape index (κ3) is 6.33. The van der Waals surface area contributed by atoms with Gasteiger partial charge in [-0.25, -0.2) is 9.59 Å². The van der Waals surface area contributed by atoms with Crippen LogP contribution in [0.5, 0.6) is 0 Å². The molecule has 1 aliphatic rings. The molecule has 0 saturated carbocycles. The van der Waals surface area contributed by atoms with Gasteiger partial charge in [0.15, 0.2) is 6.10 Å². The number of hydrogen-bond donors (Lipinski definition) is 3. The summed E-state index contributed by atoms with van der Waals surface area (Å²) in [6, 6.07) is -0.378. The Hall–Kier alpha value is -1.15. The minimum absolute atomic E-state index is 0.0600. The molecule has 0 aromatic carbocycles. The Kier molecular flexibility index (Phi) is 6.94. The molecule has 116 valence electrons. The molecule has 1 rings (SSSR count). The molecule has 4 unspecified atom stereocenters. The zero-order chi connectivity index (χ0) is 15.1. The second-order valence-electron chi connectivity index (χ2n) is 4.98. The zero-order valence-electron chi connectivity index (χ0n) is 11.8. The third-order valence-corrected chi connectivity index (χ3v) is 3.90. The highest BCUT2D eigenvalue weighted by Gasteiger charge is 2.30. The average molecular weight is 306 g/mol. The van der Waals surface area contributed by atoms with Crippen molar-refractivity contribution in [3.63, 3.8) is 0 Å². The summed E-state index contributed by atoms with van der Waals surface area (Å²) in [6.07, 6.45) is 2.37. The SMILES string of the molecule is CC(CCS(C)=O)NC(=O)NCC1CCC(C(=O)O)O1. The maximum Gasteiger partial charge on any atom is 0.332 e. The van der Waals surface area contributed by atoms with Crippen LogP contribution in [-0.4, -0.2) is 58.1 Å². The van der Waals surface area contributed by atoms with Crippen LogP contribution in [0.2, 0.25) is 0 Å². The molecule has 1 fully saturated rings. The fraction of sp³-hybridized carbons (Fsp3) is 0.833. The van der Waals surface area contributed by atoms with Crippen molar-refractivity contribution in [1.82, 2.24) is 10.6 Å². The van der Waals surface area contributed by atoms with Crippen molar-refractivity contribution >= 4 is 22.8 Å². The first kappa shape index (κ1) is 16.9. The lowest BCUT2D eigenvalue weighted by Crippen LogP contribution is -2.44. The number of aliphatic carboxylic acids is 1. The Labute approximate surface area is 120 Å². The number of carbonyl (C=O) groups excluding carboxylic acids is 1. The van der Waals surface area contributed by atoms with Gasteiger partial charge in [0.1, 0.15) is 0 Å². The van der Waals surface area contributed by atoms with Crippen LogP contribution in [0.15, 0.2) is 0 Å². The smallest absolute Gasteiger partial charge is 0.332 e. The first-order chi connectivity index (χ1) is 9.38. The number of urea groups is 1. The lowest BCUT2D eigenvalue weighted by Gasteiger charge is -2.16. The van der Waals surface area contributed by atoms with Crippen molar-refractivity contribution in [2.24, 2.45) is 0 Å². The van der Waals surface area contributed by atoms with E-state index in [4.69, 9.17) is 9.84 Å². The van der Waals surface area contributed by atoms with Gasteiger partial charge in [0.05, 0.1) is 6.10 Å². The van der Waals surface area contributed by atoms with E-state index in [9.17, 15) is 13.8 Å². The number of ether oxygens (including phenoxy) is 1. The van der Waals surface area contributed by atoms with Gasteiger partial charge in [0, 0.05) is 35.4 Å². The topological polar surface area (TPSA) is 105 Å². The molecule has 1 saturated heterocycles. The van der Waals surface area contributed by atoms with Crippen LogP contribution in [0, 0.1) is 0 Å². The van der Waals surface area contributed by atoms with Crippen LogP contribution in [0.1, 0.15) is 26.2 Å². The van der Waals surface area contributed by atoms with Gasteiger partial charge < -0.3 is 20.5 Å². The molecule has 1 aliphatic heterocycles. The number of amides is 2. The van der Waals surface area contributed by atoms with Crippen LogP contribution in [0.25, 0.3) is 0 Å². The second-order valence-corrected chi connectivity index (χ2v) is 6.54. The second kappa shape index (κ2) is 8.21. The summed E-state index contributed by atoms with van der Waals surface area (Å²) in [5.41, 5.74) is 0. The zero-order valence-corrected chi connectivity index (χ0v) is 12.6. The molecule has 4 atom stereocenters. The Morgan fingerprint density at radius 3 is 2.70 bits per heavy atom. The standard InChI is InChI=1S/C12H22N2O5S/c1-8(5-6-20(2)18)14-12(17)13-7-9-3-4-10(19-9)11(15)16/h8-10H,3-7H2,1-2H3,(H,15,16)(H2,13,14,17). The van der Waals surface area contributed by atoms with Crippen molar-refractivity contribution in [2.45, 2.75) is 44.4 Å². The molecule has 8 heteroatoms. The summed E-state index contributed by atoms with van der Waals surface area (Å²) in [5, 5.41) is 14.2. The summed E-state index contributed by atoms with van der Waals surface area (Å²) in [5.74, 6) is -0.411. The van der Waals surface area contributed by atoms with Gasteiger partial charge in [-0.05, 0) is 26.2 Å². The Morgan fingerprint density at radius 1 is 1.45 bits per heavy atom. The van der Waals surface area contributed by atoms with E-state index in [2.05, 4.69) is 10.6 Å². The molecular formula is C12H22N2O5S. The third-order valence-electron chi connectivity index (χ3n) is 3.09. The van der Waals surface area contributed by atoms with E-state index in [-0.39, 0.29) is 18.2 Å². The van der Waals surface area contributed by atoms with E-state index in [1.54, 1.807) is 6.26 Å². The van der Waals surface area contributed by atoms with Crippen LogP contribution in [0.4, 0.5) is 4.79 Å².